The van der Waals surface area contributed by atoms with Gasteiger partial charge in [-0.1, -0.05) is 63.6 Å². The Kier molecular flexibility index (Phi) is 8.73. The molecule has 3 atom stereocenters. The van der Waals surface area contributed by atoms with Gasteiger partial charge in [0.1, 0.15) is 0 Å². The summed E-state index contributed by atoms with van der Waals surface area (Å²) >= 11 is 1.40. The van der Waals surface area contributed by atoms with Gasteiger partial charge in [-0.2, -0.15) is 0 Å². The van der Waals surface area contributed by atoms with Gasteiger partial charge in [0.25, 0.3) is 5.91 Å². The molecule has 0 aliphatic heterocycles. The summed E-state index contributed by atoms with van der Waals surface area (Å²) in [4.78, 5) is 25.3. The van der Waals surface area contributed by atoms with Crippen LogP contribution in [0.2, 0.25) is 0 Å². The highest BCUT2D eigenvalue weighted by Crippen LogP contribution is 2.26. The second kappa shape index (κ2) is 11.5. The van der Waals surface area contributed by atoms with E-state index in [1.165, 1.54) is 31.0 Å². The summed E-state index contributed by atoms with van der Waals surface area (Å²) in [6, 6.07) is 9.17. The molecule has 2 aromatic rings. The van der Waals surface area contributed by atoms with E-state index in [4.69, 9.17) is 0 Å². The zero-order valence-electron chi connectivity index (χ0n) is 19.5. The van der Waals surface area contributed by atoms with Crippen molar-refractivity contribution in [3.8, 4) is 0 Å². The summed E-state index contributed by atoms with van der Waals surface area (Å²) in [5.41, 5.74) is 0.615. The highest BCUT2D eigenvalue weighted by atomic mass is 32.2. The van der Waals surface area contributed by atoms with Crippen molar-refractivity contribution < 1.29 is 9.59 Å². The molecule has 0 spiro atoms. The predicted molar refractivity (Wildman–Crippen MR) is 127 cm³/mol. The maximum Gasteiger partial charge on any atom is 0.251 e. The van der Waals surface area contributed by atoms with Gasteiger partial charge in [0.05, 0.1) is 11.8 Å². The first-order valence-electron chi connectivity index (χ1n) is 11.6. The van der Waals surface area contributed by atoms with E-state index in [1.54, 1.807) is 12.1 Å². The molecule has 1 aliphatic carbocycles. The maximum atomic E-state index is 12.7. The minimum absolute atomic E-state index is 0.0405. The van der Waals surface area contributed by atoms with Gasteiger partial charge in [-0.25, -0.2) is 0 Å². The Balaban J connectivity index is 1.66. The zero-order chi connectivity index (χ0) is 23.1. The number of amides is 2. The van der Waals surface area contributed by atoms with Crippen LogP contribution in [-0.4, -0.2) is 38.4 Å². The molecule has 8 heteroatoms. The summed E-state index contributed by atoms with van der Waals surface area (Å²) < 4.78 is 2.00. The molecular weight excluding hydrogens is 422 g/mol. The molecule has 32 heavy (non-hydrogen) atoms. The molecule has 0 radical (unpaired) electrons. The van der Waals surface area contributed by atoms with Gasteiger partial charge in [0.2, 0.25) is 5.91 Å². The van der Waals surface area contributed by atoms with Crippen LogP contribution >= 0.6 is 11.8 Å². The van der Waals surface area contributed by atoms with Crippen LogP contribution in [-0.2, 0) is 11.3 Å². The summed E-state index contributed by atoms with van der Waals surface area (Å²) in [5.74, 6) is 1.60. The second-order valence-corrected chi connectivity index (χ2v) is 9.81. The largest absolute Gasteiger partial charge is 0.352 e. The van der Waals surface area contributed by atoms with E-state index in [0.29, 0.717) is 28.9 Å². The Morgan fingerprint density at radius 1 is 1.16 bits per heavy atom. The predicted octanol–water partition coefficient (Wildman–Crippen LogP) is 4.21. The molecule has 2 N–H and O–H groups in total. The van der Waals surface area contributed by atoms with E-state index < -0.39 is 0 Å². The van der Waals surface area contributed by atoms with E-state index in [2.05, 4.69) is 41.6 Å². The summed E-state index contributed by atoms with van der Waals surface area (Å²) in [5, 5.41) is 15.8. The summed E-state index contributed by atoms with van der Waals surface area (Å²) in [7, 11) is 0. The van der Waals surface area contributed by atoms with Gasteiger partial charge >= 0.3 is 0 Å². The molecule has 1 heterocycles. The topological polar surface area (TPSA) is 88.9 Å². The first kappa shape index (κ1) is 24.3. The average molecular weight is 458 g/mol. The van der Waals surface area contributed by atoms with Gasteiger partial charge < -0.3 is 15.2 Å². The third-order valence-electron chi connectivity index (χ3n) is 6.12. The molecule has 3 rings (SSSR count). The van der Waals surface area contributed by atoms with Crippen LogP contribution in [0.3, 0.4) is 0 Å². The quantitative estimate of drug-likeness (QED) is 0.551. The molecule has 1 fully saturated rings. The lowest BCUT2D eigenvalue weighted by Gasteiger charge is -2.29. The fourth-order valence-electron chi connectivity index (χ4n) is 4.19. The smallest absolute Gasteiger partial charge is 0.251 e. The number of aromatic nitrogens is 3. The number of nitrogens with one attached hydrogen (secondary N) is 2. The van der Waals surface area contributed by atoms with Crippen molar-refractivity contribution in [1.82, 2.24) is 25.4 Å². The van der Waals surface area contributed by atoms with Crippen molar-refractivity contribution >= 4 is 23.6 Å². The second-order valence-electron chi connectivity index (χ2n) is 8.87. The highest BCUT2D eigenvalue weighted by molar-refractivity contribution is 7.99. The molecule has 1 aromatic carbocycles. The lowest BCUT2D eigenvalue weighted by atomic mass is 9.86. The molecule has 174 valence electrons. The Bertz CT molecular complexity index is 899. The van der Waals surface area contributed by atoms with Crippen molar-refractivity contribution in [2.75, 3.05) is 5.75 Å². The minimum atomic E-state index is -0.276. The Labute approximate surface area is 195 Å². The molecule has 1 saturated carbocycles. The van der Waals surface area contributed by atoms with Crippen LogP contribution in [0.4, 0.5) is 0 Å². The highest BCUT2D eigenvalue weighted by Gasteiger charge is 2.27. The number of benzene rings is 1. The number of rotatable bonds is 9. The Morgan fingerprint density at radius 2 is 1.88 bits per heavy atom. The molecule has 2 amide bonds. The molecule has 1 aliphatic rings. The third kappa shape index (κ3) is 6.12. The van der Waals surface area contributed by atoms with Crippen molar-refractivity contribution in [1.29, 1.82) is 0 Å². The van der Waals surface area contributed by atoms with E-state index in [9.17, 15) is 9.59 Å². The average Bonchev–Trinajstić information content (AvgIpc) is 3.20. The van der Waals surface area contributed by atoms with Gasteiger partial charge in [0, 0.05) is 18.2 Å². The molecule has 7 nitrogen and oxygen atoms in total. The standard InChI is InChI=1S/C24H35N5O2S/c1-5-29-22(21(16(2)3)26-23(31)18-12-7-6-8-13-18)27-28-24(29)32-15-20(30)25-19-14-10-9-11-17(19)4/h6-8,12-13,16-17,19,21H,5,9-11,14-15H2,1-4H3,(H,25,30)(H,26,31)/t17-,19-,21-/m1/s1. The van der Waals surface area contributed by atoms with Crippen molar-refractivity contribution in [3.63, 3.8) is 0 Å². The monoisotopic (exact) mass is 457 g/mol. The lowest BCUT2D eigenvalue weighted by molar-refractivity contribution is -0.119. The molecule has 0 bridgehead atoms. The maximum absolute atomic E-state index is 12.7. The summed E-state index contributed by atoms with van der Waals surface area (Å²) in [6.45, 7) is 9.01. The van der Waals surface area contributed by atoms with Gasteiger partial charge in [-0.15, -0.1) is 10.2 Å². The van der Waals surface area contributed by atoms with Crippen LogP contribution in [0.25, 0.3) is 0 Å². The molecule has 0 unspecified atom stereocenters. The van der Waals surface area contributed by atoms with Crippen LogP contribution < -0.4 is 10.6 Å². The first-order valence-corrected chi connectivity index (χ1v) is 12.6. The van der Waals surface area contributed by atoms with Crippen LogP contribution in [0, 0.1) is 11.8 Å². The zero-order valence-corrected chi connectivity index (χ0v) is 20.3. The van der Waals surface area contributed by atoms with Crippen LogP contribution in [0.1, 0.15) is 75.6 Å². The number of hydrogen-bond acceptors (Lipinski definition) is 5. The Hall–Kier alpha value is -2.35. The van der Waals surface area contributed by atoms with Gasteiger partial charge in [-0.3, -0.25) is 9.59 Å². The molecular formula is C24H35N5O2S. The Morgan fingerprint density at radius 3 is 2.53 bits per heavy atom. The van der Waals surface area contributed by atoms with E-state index in [1.807, 2.05) is 29.7 Å². The number of thioether (sulfide) groups is 1. The number of hydrogen-bond donors (Lipinski definition) is 2. The van der Waals surface area contributed by atoms with Gasteiger partial charge in [0.15, 0.2) is 11.0 Å². The van der Waals surface area contributed by atoms with E-state index >= 15 is 0 Å². The number of nitrogens with zero attached hydrogens (tertiary/aromatic N) is 3. The van der Waals surface area contributed by atoms with Crippen molar-refractivity contribution in [2.24, 2.45) is 11.8 Å². The normalized spacial score (nSPS) is 19.5. The fraction of sp³-hybridized carbons (Fsp3) is 0.583. The van der Waals surface area contributed by atoms with E-state index in [0.717, 1.165) is 12.2 Å². The van der Waals surface area contributed by atoms with Crippen molar-refractivity contribution in [3.05, 3.63) is 41.7 Å². The van der Waals surface area contributed by atoms with E-state index in [-0.39, 0.29) is 29.8 Å². The SMILES string of the molecule is CCn1c(SCC(=O)N[C@@H]2CCCC[C@H]2C)nnc1[C@H](NC(=O)c1ccccc1)C(C)C. The van der Waals surface area contributed by atoms with Gasteiger partial charge in [-0.05, 0) is 43.7 Å². The lowest BCUT2D eigenvalue weighted by Crippen LogP contribution is -2.41. The molecule has 1 aromatic heterocycles. The van der Waals surface area contributed by atoms with Crippen LogP contribution in [0.5, 0.6) is 0 Å². The minimum Gasteiger partial charge on any atom is -0.352 e. The first-order chi connectivity index (χ1) is 15.4. The van der Waals surface area contributed by atoms with Crippen molar-refractivity contribution in [2.45, 2.75) is 77.2 Å². The fourth-order valence-corrected chi connectivity index (χ4v) is 5.01. The molecule has 0 saturated heterocycles. The number of carbonyl (C=O) groups excluding carboxylic acids is 2. The van der Waals surface area contributed by atoms with Crippen LogP contribution in [0.15, 0.2) is 35.5 Å². The third-order valence-corrected chi connectivity index (χ3v) is 7.09. The summed E-state index contributed by atoms with van der Waals surface area (Å²) in [6.07, 6.45) is 4.67. The number of carbonyl (C=O) groups is 2.